The van der Waals surface area contributed by atoms with Gasteiger partial charge in [-0.3, -0.25) is 4.79 Å². The van der Waals surface area contributed by atoms with Gasteiger partial charge >= 0.3 is 0 Å². The van der Waals surface area contributed by atoms with Gasteiger partial charge in [0.1, 0.15) is 0 Å². The second-order valence-corrected chi connectivity index (χ2v) is 7.54. The Labute approximate surface area is 242 Å². The largest absolute Gasteiger partial charge is 0.399 e. The molecule has 39 heavy (non-hydrogen) atoms. The first-order valence-corrected chi connectivity index (χ1v) is 14.2. The molecule has 4 heteroatoms. The third kappa shape index (κ3) is 32.6. The van der Waals surface area contributed by atoms with Crippen molar-refractivity contribution < 1.29 is 4.79 Å². The Kier molecular flexibility index (Phi) is 40.3. The summed E-state index contributed by atoms with van der Waals surface area (Å²) < 4.78 is 0. The molecule has 0 spiro atoms. The van der Waals surface area contributed by atoms with Crippen LogP contribution in [0.25, 0.3) is 11.3 Å². The Morgan fingerprint density at radius 3 is 1.64 bits per heavy atom. The summed E-state index contributed by atoms with van der Waals surface area (Å²) in [5.41, 5.74) is 9.59. The van der Waals surface area contributed by atoms with E-state index in [1.165, 1.54) is 24.5 Å². The minimum Gasteiger partial charge on any atom is -0.399 e. The van der Waals surface area contributed by atoms with Crippen molar-refractivity contribution in [1.82, 2.24) is 10.6 Å². The molecule has 0 aliphatic carbocycles. The first-order valence-electron chi connectivity index (χ1n) is 14.2. The van der Waals surface area contributed by atoms with Gasteiger partial charge in [0.05, 0.1) is 0 Å². The van der Waals surface area contributed by atoms with Crippen LogP contribution >= 0.6 is 0 Å². The average molecular weight is 538 g/mol. The molecular formula is C35H59N3O. The van der Waals surface area contributed by atoms with E-state index >= 15 is 0 Å². The van der Waals surface area contributed by atoms with Gasteiger partial charge < -0.3 is 16.4 Å². The molecule has 2 aromatic carbocycles. The Hall–Kier alpha value is -3.37. The molecule has 0 aliphatic heterocycles. The molecule has 0 saturated heterocycles. The fraction of sp³-hybridized carbons (Fsp3) is 0.400. The minimum atomic E-state index is 0.0140. The normalized spacial score (nSPS) is 9.21. The fourth-order valence-corrected chi connectivity index (χ4v) is 2.64. The highest BCUT2D eigenvalue weighted by molar-refractivity contribution is 5.73. The zero-order valence-electron chi connectivity index (χ0n) is 26.5. The molecule has 2 rings (SSSR count). The third-order valence-electron chi connectivity index (χ3n) is 4.34. The molecule has 0 saturated carbocycles. The number of hydrogen-bond donors (Lipinski definition) is 3. The number of rotatable bonds is 9. The maximum atomic E-state index is 10.8. The molecule has 0 aliphatic rings. The lowest BCUT2D eigenvalue weighted by Gasteiger charge is -2.07. The summed E-state index contributed by atoms with van der Waals surface area (Å²) in [4.78, 5) is 10.8. The molecule has 0 radical (unpaired) electrons. The van der Waals surface area contributed by atoms with E-state index in [-0.39, 0.29) is 5.91 Å². The molecule has 2 aromatic rings. The Balaban J connectivity index is -0.000000225. The van der Waals surface area contributed by atoms with Crippen molar-refractivity contribution in [1.29, 1.82) is 0 Å². The fourth-order valence-electron chi connectivity index (χ4n) is 2.64. The highest BCUT2D eigenvalue weighted by Gasteiger charge is 1.99. The zero-order chi connectivity index (χ0) is 30.7. The third-order valence-corrected chi connectivity index (χ3v) is 4.34. The van der Waals surface area contributed by atoms with E-state index in [0.29, 0.717) is 12.2 Å². The van der Waals surface area contributed by atoms with Crippen LogP contribution in [0.1, 0.15) is 85.8 Å². The van der Waals surface area contributed by atoms with Gasteiger partial charge in [0.15, 0.2) is 0 Å². The minimum absolute atomic E-state index is 0.0140. The first kappa shape index (κ1) is 42.7. The monoisotopic (exact) mass is 537 g/mol. The van der Waals surface area contributed by atoms with Crippen LogP contribution < -0.4 is 16.4 Å². The van der Waals surface area contributed by atoms with Crippen LogP contribution in [0.2, 0.25) is 0 Å². The molecule has 220 valence electrons. The van der Waals surface area contributed by atoms with Crippen LogP contribution in [0.15, 0.2) is 98.1 Å². The number of carbonyl (C=O) groups is 1. The van der Waals surface area contributed by atoms with Gasteiger partial charge in [-0.1, -0.05) is 146 Å². The van der Waals surface area contributed by atoms with Gasteiger partial charge in [0.25, 0.3) is 0 Å². The van der Waals surface area contributed by atoms with Crippen molar-refractivity contribution in [2.24, 2.45) is 5.73 Å². The highest BCUT2D eigenvalue weighted by atomic mass is 16.1. The summed E-state index contributed by atoms with van der Waals surface area (Å²) in [6.07, 6.45) is 11.1. The van der Waals surface area contributed by atoms with Crippen LogP contribution in [0.5, 0.6) is 0 Å². The predicted octanol–water partition coefficient (Wildman–Crippen LogP) is 9.04. The van der Waals surface area contributed by atoms with Gasteiger partial charge in [0.2, 0.25) is 5.91 Å². The van der Waals surface area contributed by atoms with Crippen LogP contribution in [0, 0.1) is 0 Å². The van der Waals surface area contributed by atoms with Gasteiger partial charge in [0, 0.05) is 19.2 Å². The van der Waals surface area contributed by atoms with Crippen molar-refractivity contribution in [3.05, 3.63) is 109 Å². The van der Waals surface area contributed by atoms with Gasteiger partial charge in [-0.2, -0.15) is 0 Å². The molecule has 0 aromatic heterocycles. The maximum absolute atomic E-state index is 10.8. The predicted molar refractivity (Wildman–Crippen MR) is 180 cm³/mol. The van der Waals surface area contributed by atoms with Gasteiger partial charge in [-0.15, -0.1) is 0 Å². The topological polar surface area (TPSA) is 67.1 Å². The lowest BCUT2D eigenvalue weighted by molar-refractivity contribution is -0.118. The van der Waals surface area contributed by atoms with E-state index < -0.39 is 0 Å². The molecule has 0 atom stereocenters. The summed E-state index contributed by atoms with van der Waals surface area (Å²) >= 11 is 0. The molecule has 0 unspecified atom stereocenters. The number of benzene rings is 2. The SMILES string of the molecule is C=C(N)c1ccccc1.C=C/C=C\C.CC.CC.CCC/C(=C\CNC(C)=O)c1ccccc1.CCCNC. The number of allylic oxidation sites excluding steroid dienone is 4. The van der Waals surface area contributed by atoms with E-state index in [9.17, 15) is 4.79 Å². The summed E-state index contributed by atoms with van der Waals surface area (Å²) in [7, 11) is 1.96. The van der Waals surface area contributed by atoms with Crippen molar-refractivity contribution in [2.45, 2.75) is 74.7 Å². The Morgan fingerprint density at radius 1 is 0.897 bits per heavy atom. The molecule has 0 bridgehead atoms. The van der Waals surface area contributed by atoms with Gasteiger partial charge in [-0.25, -0.2) is 0 Å². The number of amides is 1. The van der Waals surface area contributed by atoms with E-state index in [4.69, 9.17) is 5.73 Å². The second kappa shape index (κ2) is 36.8. The van der Waals surface area contributed by atoms with E-state index in [1.807, 2.05) is 102 Å². The van der Waals surface area contributed by atoms with Crippen molar-refractivity contribution in [3.8, 4) is 0 Å². The Bertz CT molecular complexity index is 839. The smallest absolute Gasteiger partial charge is 0.217 e. The summed E-state index contributed by atoms with van der Waals surface area (Å²) in [6.45, 7) is 24.6. The lowest BCUT2D eigenvalue weighted by atomic mass is 10.0. The first-order chi connectivity index (χ1) is 18.9. The molecule has 1 amide bonds. The highest BCUT2D eigenvalue weighted by Crippen LogP contribution is 2.18. The zero-order valence-corrected chi connectivity index (χ0v) is 26.5. The number of carbonyl (C=O) groups excluding carboxylic acids is 1. The van der Waals surface area contributed by atoms with Crippen molar-refractivity contribution >= 4 is 17.2 Å². The van der Waals surface area contributed by atoms with Crippen molar-refractivity contribution in [2.75, 3.05) is 20.1 Å². The van der Waals surface area contributed by atoms with E-state index in [1.54, 1.807) is 6.08 Å². The molecule has 4 N–H and O–H groups in total. The standard InChI is InChI=1S/C14H19NO.C8H9N.C5H8.C4H11N.2C2H6/c1-3-7-13(10-11-15-12(2)16)14-8-5-4-6-9-14;1-7(9)8-5-3-2-4-6-8;1-3-5-4-2;1-3-4-5-2;2*1-2/h4-6,8-10H,3,7,11H2,1-2H3,(H,15,16);2-6H,1,9H2;3-5H,1H2,2H3;5H,3-4H2,1-2H3;2*1-2H3/b13-10+;;5-4-;;;. The van der Waals surface area contributed by atoms with Gasteiger partial charge in [-0.05, 0) is 50.1 Å². The maximum Gasteiger partial charge on any atom is 0.217 e. The van der Waals surface area contributed by atoms with E-state index in [0.717, 1.165) is 24.9 Å². The van der Waals surface area contributed by atoms with Crippen LogP contribution in [-0.2, 0) is 4.79 Å². The summed E-state index contributed by atoms with van der Waals surface area (Å²) in [6, 6.07) is 20.0. The number of hydrogen-bond acceptors (Lipinski definition) is 3. The second-order valence-electron chi connectivity index (χ2n) is 7.54. The average Bonchev–Trinajstić information content (AvgIpc) is 2.97. The molecular weight excluding hydrogens is 478 g/mol. The molecule has 0 heterocycles. The Morgan fingerprint density at radius 2 is 1.38 bits per heavy atom. The summed E-state index contributed by atoms with van der Waals surface area (Å²) in [5.74, 6) is 0.0140. The quantitative estimate of drug-likeness (QED) is 0.279. The molecule has 0 fully saturated rings. The van der Waals surface area contributed by atoms with Crippen LogP contribution in [0.4, 0.5) is 0 Å². The van der Waals surface area contributed by atoms with Crippen LogP contribution in [0.3, 0.4) is 0 Å². The number of nitrogens with one attached hydrogen (secondary N) is 2. The van der Waals surface area contributed by atoms with Crippen molar-refractivity contribution in [3.63, 3.8) is 0 Å². The molecule has 4 nitrogen and oxygen atoms in total. The van der Waals surface area contributed by atoms with E-state index in [2.05, 4.69) is 55.8 Å². The lowest BCUT2D eigenvalue weighted by Crippen LogP contribution is -2.19. The van der Waals surface area contributed by atoms with Crippen LogP contribution in [-0.4, -0.2) is 26.0 Å². The number of nitrogens with two attached hydrogens (primary N) is 1. The summed E-state index contributed by atoms with van der Waals surface area (Å²) in [5, 5.41) is 5.81.